The summed E-state index contributed by atoms with van der Waals surface area (Å²) in [6.07, 6.45) is 6.77. The second-order valence-corrected chi connectivity index (χ2v) is 5.75. The molecule has 3 rings (SSSR count). The molecule has 0 amide bonds. The Kier molecular flexibility index (Phi) is 3.23. The van der Waals surface area contributed by atoms with Gasteiger partial charge in [-0.05, 0) is 51.1 Å². The topological polar surface area (TPSA) is 44.9 Å². The molecule has 2 aliphatic heterocycles. The Balaban J connectivity index is 1.40. The van der Waals surface area contributed by atoms with Crippen LogP contribution in [0.2, 0.25) is 0 Å². The molecule has 1 saturated carbocycles. The first-order valence-corrected chi connectivity index (χ1v) is 7.12. The van der Waals surface area contributed by atoms with Crippen molar-refractivity contribution in [2.24, 2.45) is 16.6 Å². The van der Waals surface area contributed by atoms with E-state index >= 15 is 0 Å². The van der Waals surface area contributed by atoms with E-state index in [9.17, 15) is 0 Å². The zero-order valence-corrected chi connectivity index (χ0v) is 10.6. The lowest BCUT2D eigenvalue weighted by atomic mass is 9.97. The van der Waals surface area contributed by atoms with Crippen LogP contribution in [0.1, 0.15) is 32.1 Å². The number of guanidine groups is 1. The molecular formula is C13H24N4. The van der Waals surface area contributed by atoms with Gasteiger partial charge in [-0.25, -0.2) is 0 Å². The van der Waals surface area contributed by atoms with Gasteiger partial charge >= 0.3 is 0 Å². The smallest absolute Gasteiger partial charge is 0.191 e. The lowest BCUT2D eigenvalue weighted by molar-refractivity contribution is 0.179. The number of aliphatic imine (C=N–C) groups is 1. The third kappa shape index (κ3) is 2.73. The van der Waals surface area contributed by atoms with Gasteiger partial charge in [0.25, 0.3) is 0 Å². The van der Waals surface area contributed by atoms with Crippen LogP contribution in [0.5, 0.6) is 0 Å². The highest BCUT2D eigenvalue weighted by atomic mass is 15.3. The van der Waals surface area contributed by atoms with Gasteiger partial charge in [-0.3, -0.25) is 4.99 Å². The van der Waals surface area contributed by atoms with Crippen LogP contribution in [-0.4, -0.2) is 54.5 Å². The monoisotopic (exact) mass is 236 g/mol. The van der Waals surface area contributed by atoms with E-state index in [1.165, 1.54) is 45.2 Å². The van der Waals surface area contributed by atoms with E-state index in [4.69, 9.17) is 5.73 Å². The van der Waals surface area contributed by atoms with E-state index in [0.717, 1.165) is 37.6 Å². The summed E-state index contributed by atoms with van der Waals surface area (Å²) in [6, 6.07) is 0.936. The van der Waals surface area contributed by atoms with Gasteiger partial charge in [0.2, 0.25) is 0 Å². The zero-order valence-electron chi connectivity index (χ0n) is 10.6. The lowest BCUT2D eigenvalue weighted by Crippen LogP contribution is -2.46. The maximum Gasteiger partial charge on any atom is 0.191 e. The molecule has 0 aromatic heterocycles. The number of rotatable bonds is 3. The van der Waals surface area contributed by atoms with Gasteiger partial charge < -0.3 is 15.5 Å². The molecule has 3 fully saturated rings. The number of piperidine rings is 1. The van der Waals surface area contributed by atoms with Crippen LogP contribution < -0.4 is 5.73 Å². The second kappa shape index (κ2) is 4.84. The minimum Gasteiger partial charge on any atom is -0.370 e. The predicted molar refractivity (Wildman–Crippen MR) is 70.0 cm³/mol. The third-order valence-corrected chi connectivity index (χ3v) is 4.40. The maximum atomic E-state index is 5.95. The minimum absolute atomic E-state index is 0.768. The first-order chi connectivity index (χ1) is 8.33. The molecule has 0 aromatic rings. The van der Waals surface area contributed by atoms with Crippen molar-refractivity contribution in [1.29, 1.82) is 0 Å². The number of nitrogens with two attached hydrogens (primary N) is 1. The molecule has 0 unspecified atom stereocenters. The lowest BCUT2D eigenvalue weighted by Gasteiger charge is -2.33. The van der Waals surface area contributed by atoms with Crippen LogP contribution in [-0.2, 0) is 0 Å². The van der Waals surface area contributed by atoms with Crippen LogP contribution in [0.15, 0.2) is 4.99 Å². The van der Waals surface area contributed by atoms with Crippen molar-refractivity contribution in [1.82, 2.24) is 9.80 Å². The molecule has 1 aliphatic carbocycles. The third-order valence-electron chi connectivity index (χ3n) is 4.40. The first-order valence-electron chi connectivity index (χ1n) is 7.12. The van der Waals surface area contributed by atoms with Gasteiger partial charge in [0.1, 0.15) is 0 Å². The summed E-state index contributed by atoms with van der Waals surface area (Å²) >= 11 is 0. The minimum atomic E-state index is 0.768. The largest absolute Gasteiger partial charge is 0.370 e. The summed E-state index contributed by atoms with van der Waals surface area (Å²) in [4.78, 5) is 9.40. The van der Waals surface area contributed by atoms with Crippen LogP contribution in [0, 0.1) is 5.92 Å². The molecule has 0 spiro atoms. The highest BCUT2D eigenvalue weighted by Crippen LogP contribution is 2.30. The zero-order chi connectivity index (χ0) is 11.7. The highest BCUT2D eigenvalue weighted by Gasteiger charge is 2.31. The predicted octanol–water partition coefficient (Wildman–Crippen LogP) is 0.881. The molecule has 96 valence electrons. The molecule has 4 nitrogen and oxygen atoms in total. The van der Waals surface area contributed by atoms with Crippen LogP contribution in [0.3, 0.4) is 0 Å². The fourth-order valence-electron chi connectivity index (χ4n) is 2.81. The molecule has 4 heteroatoms. The molecule has 2 saturated heterocycles. The standard InChI is InChI=1S/C13H24N4/c14-13(17-6-1-7-17)15-10-11-4-8-16(9-5-11)12-2-3-12/h11-12H,1-10H2,(H2,14,15). The normalized spacial score (nSPS) is 28.2. The molecule has 2 heterocycles. The van der Waals surface area contributed by atoms with Crippen molar-refractivity contribution in [3.8, 4) is 0 Å². The SMILES string of the molecule is NC(=NCC1CCN(C2CC2)CC1)N1CCC1. The highest BCUT2D eigenvalue weighted by molar-refractivity contribution is 5.78. The van der Waals surface area contributed by atoms with E-state index in [2.05, 4.69) is 14.8 Å². The summed E-state index contributed by atoms with van der Waals surface area (Å²) in [6.45, 7) is 5.73. The summed E-state index contributed by atoms with van der Waals surface area (Å²) in [5.41, 5.74) is 5.95. The molecule has 2 N–H and O–H groups in total. The van der Waals surface area contributed by atoms with Gasteiger partial charge in [0, 0.05) is 25.7 Å². The van der Waals surface area contributed by atoms with Crippen molar-refractivity contribution in [2.75, 3.05) is 32.7 Å². The first kappa shape index (κ1) is 11.3. The van der Waals surface area contributed by atoms with Gasteiger partial charge in [-0.2, -0.15) is 0 Å². The van der Waals surface area contributed by atoms with Crippen LogP contribution in [0.25, 0.3) is 0 Å². The Bertz CT molecular complexity index is 286. The quantitative estimate of drug-likeness (QED) is 0.584. The van der Waals surface area contributed by atoms with Crippen LogP contribution in [0.4, 0.5) is 0 Å². The molecule has 0 aromatic carbocycles. The van der Waals surface area contributed by atoms with E-state index in [-0.39, 0.29) is 0 Å². The van der Waals surface area contributed by atoms with Crippen LogP contribution >= 0.6 is 0 Å². The molecule has 0 bridgehead atoms. The molecule has 0 radical (unpaired) electrons. The number of hydrogen-bond donors (Lipinski definition) is 1. The summed E-state index contributed by atoms with van der Waals surface area (Å²) in [5, 5.41) is 0. The molecular weight excluding hydrogens is 212 g/mol. The van der Waals surface area contributed by atoms with E-state index < -0.39 is 0 Å². The fourth-order valence-corrected chi connectivity index (χ4v) is 2.81. The summed E-state index contributed by atoms with van der Waals surface area (Å²) < 4.78 is 0. The summed E-state index contributed by atoms with van der Waals surface area (Å²) in [5.74, 6) is 1.55. The average Bonchev–Trinajstić information content (AvgIpc) is 3.08. The van der Waals surface area contributed by atoms with Crippen molar-refractivity contribution in [2.45, 2.75) is 38.1 Å². The average molecular weight is 236 g/mol. The Morgan fingerprint density at radius 1 is 1.06 bits per heavy atom. The van der Waals surface area contributed by atoms with E-state index in [1.807, 2.05) is 0 Å². The van der Waals surface area contributed by atoms with E-state index in [0.29, 0.717) is 0 Å². The van der Waals surface area contributed by atoms with Crippen molar-refractivity contribution in [3.05, 3.63) is 0 Å². The van der Waals surface area contributed by atoms with Gasteiger partial charge in [-0.15, -0.1) is 0 Å². The van der Waals surface area contributed by atoms with Crippen molar-refractivity contribution >= 4 is 5.96 Å². The molecule has 3 aliphatic rings. The Labute approximate surface area is 104 Å². The number of likely N-dealkylation sites (tertiary alicyclic amines) is 2. The Morgan fingerprint density at radius 2 is 1.76 bits per heavy atom. The maximum absolute atomic E-state index is 5.95. The van der Waals surface area contributed by atoms with Gasteiger partial charge in [-0.1, -0.05) is 0 Å². The number of nitrogens with zero attached hydrogens (tertiary/aromatic N) is 3. The fraction of sp³-hybridized carbons (Fsp3) is 0.923. The van der Waals surface area contributed by atoms with Crippen molar-refractivity contribution < 1.29 is 0 Å². The molecule has 17 heavy (non-hydrogen) atoms. The number of hydrogen-bond acceptors (Lipinski definition) is 2. The Hall–Kier alpha value is -0.770. The van der Waals surface area contributed by atoms with Gasteiger partial charge in [0.15, 0.2) is 5.96 Å². The van der Waals surface area contributed by atoms with Gasteiger partial charge in [0.05, 0.1) is 0 Å². The van der Waals surface area contributed by atoms with Crippen molar-refractivity contribution in [3.63, 3.8) is 0 Å². The van der Waals surface area contributed by atoms with E-state index in [1.54, 1.807) is 0 Å². The summed E-state index contributed by atoms with van der Waals surface area (Å²) in [7, 11) is 0. The Morgan fingerprint density at radius 3 is 2.29 bits per heavy atom. The second-order valence-electron chi connectivity index (χ2n) is 5.75. The molecule has 0 atom stereocenters.